The van der Waals surface area contributed by atoms with Crippen LogP contribution in [0.2, 0.25) is 5.02 Å². The van der Waals surface area contributed by atoms with Gasteiger partial charge in [-0.2, -0.15) is 0 Å². The summed E-state index contributed by atoms with van der Waals surface area (Å²) < 4.78 is 5.59. The fourth-order valence-electron chi connectivity index (χ4n) is 1.42. The van der Waals surface area contributed by atoms with Crippen molar-refractivity contribution in [3.63, 3.8) is 0 Å². The maximum absolute atomic E-state index is 10.7. The molecule has 1 fully saturated rings. The van der Waals surface area contributed by atoms with Gasteiger partial charge in [0.2, 0.25) is 0 Å². The van der Waals surface area contributed by atoms with Crippen LogP contribution < -0.4 is 4.74 Å². The van der Waals surface area contributed by atoms with Crippen LogP contribution >= 0.6 is 11.6 Å². The second-order valence-corrected chi connectivity index (χ2v) is 4.02. The molecule has 4 heteroatoms. The highest BCUT2D eigenvalue weighted by Gasteiger charge is 2.19. The van der Waals surface area contributed by atoms with Gasteiger partial charge in [-0.1, -0.05) is 11.6 Å². The number of aromatic carboxylic acids is 1. The second kappa shape index (κ2) is 4.11. The van der Waals surface area contributed by atoms with Gasteiger partial charge >= 0.3 is 5.97 Å². The summed E-state index contributed by atoms with van der Waals surface area (Å²) in [5.74, 6) is -0.370. The molecule has 0 aromatic heterocycles. The highest BCUT2D eigenvalue weighted by molar-refractivity contribution is 6.33. The van der Waals surface area contributed by atoms with E-state index in [1.54, 1.807) is 12.1 Å². The standard InChI is InChI=1S/C11H11ClO3/c12-10-6-8(15-7-2-1-3-7)4-5-9(10)11(13)14/h4-7H,1-3H2,(H,13,14). The lowest BCUT2D eigenvalue weighted by molar-refractivity contribution is 0.0697. The molecule has 0 saturated heterocycles. The number of hydrogen-bond acceptors (Lipinski definition) is 2. The summed E-state index contributed by atoms with van der Waals surface area (Å²) in [6.45, 7) is 0. The summed E-state index contributed by atoms with van der Waals surface area (Å²) in [7, 11) is 0. The maximum atomic E-state index is 10.7. The fraction of sp³-hybridized carbons (Fsp3) is 0.364. The molecule has 15 heavy (non-hydrogen) atoms. The van der Waals surface area contributed by atoms with Gasteiger partial charge in [-0.3, -0.25) is 0 Å². The van der Waals surface area contributed by atoms with Crippen LogP contribution in [0.25, 0.3) is 0 Å². The van der Waals surface area contributed by atoms with E-state index in [1.165, 1.54) is 12.5 Å². The molecule has 1 aromatic carbocycles. The van der Waals surface area contributed by atoms with Gasteiger partial charge in [-0.05, 0) is 37.5 Å². The van der Waals surface area contributed by atoms with Crippen molar-refractivity contribution < 1.29 is 14.6 Å². The van der Waals surface area contributed by atoms with E-state index in [9.17, 15) is 4.79 Å². The minimum absolute atomic E-state index is 0.109. The molecule has 2 rings (SSSR count). The highest BCUT2D eigenvalue weighted by atomic mass is 35.5. The van der Waals surface area contributed by atoms with Gasteiger partial charge in [0.05, 0.1) is 16.7 Å². The molecule has 1 N–H and O–H groups in total. The van der Waals surface area contributed by atoms with E-state index >= 15 is 0 Å². The average molecular weight is 227 g/mol. The maximum Gasteiger partial charge on any atom is 0.337 e. The van der Waals surface area contributed by atoms with Crippen LogP contribution in [0.3, 0.4) is 0 Å². The van der Waals surface area contributed by atoms with Crippen molar-refractivity contribution in [3.8, 4) is 5.75 Å². The van der Waals surface area contributed by atoms with Gasteiger partial charge in [0.15, 0.2) is 0 Å². The minimum Gasteiger partial charge on any atom is -0.490 e. The molecule has 0 spiro atoms. The molecule has 0 atom stereocenters. The summed E-state index contributed by atoms with van der Waals surface area (Å²) in [6, 6.07) is 4.68. The molecule has 0 amide bonds. The van der Waals surface area contributed by atoms with Gasteiger partial charge in [0, 0.05) is 0 Å². The zero-order valence-corrected chi connectivity index (χ0v) is 8.83. The molecule has 3 nitrogen and oxygen atoms in total. The van der Waals surface area contributed by atoms with Crippen molar-refractivity contribution in [3.05, 3.63) is 28.8 Å². The number of rotatable bonds is 3. The lowest BCUT2D eigenvalue weighted by atomic mass is 9.96. The Morgan fingerprint density at radius 3 is 2.67 bits per heavy atom. The molecule has 0 radical (unpaired) electrons. The highest BCUT2D eigenvalue weighted by Crippen LogP contribution is 2.28. The largest absolute Gasteiger partial charge is 0.490 e. The van der Waals surface area contributed by atoms with Crippen molar-refractivity contribution in [2.24, 2.45) is 0 Å². The van der Waals surface area contributed by atoms with E-state index in [1.807, 2.05) is 0 Å². The average Bonchev–Trinajstić information content (AvgIpc) is 2.11. The van der Waals surface area contributed by atoms with Crippen molar-refractivity contribution >= 4 is 17.6 Å². The topological polar surface area (TPSA) is 46.5 Å². The lowest BCUT2D eigenvalue weighted by Gasteiger charge is -2.26. The Bertz CT molecular complexity index is 385. The van der Waals surface area contributed by atoms with Gasteiger partial charge in [0.25, 0.3) is 0 Å². The summed E-state index contributed by atoms with van der Waals surface area (Å²) in [4.78, 5) is 10.7. The predicted molar refractivity (Wildman–Crippen MR) is 56.7 cm³/mol. The Labute approximate surface area is 92.6 Å². The van der Waals surface area contributed by atoms with Gasteiger partial charge < -0.3 is 9.84 Å². The number of carbonyl (C=O) groups is 1. The normalized spacial score (nSPS) is 15.8. The number of benzene rings is 1. The molecule has 0 aliphatic heterocycles. The van der Waals surface area contributed by atoms with Gasteiger partial charge in [0.1, 0.15) is 5.75 Å². The molecule has 1 aromatic rings. The minimum atomic E-state index is -1.02. The molecule has 80 valence electrons. The van der Waals surface area contributed by atoms with Crippen LogP contribution in [0.1, 0.15) is 29.6 Å². The molecule has 0 bridgehead atoms. The van der Waals surface area contributed by atoms with Gasteiger partial charge in [-0.25, -0.2) is 4.79 Å². The number of hydrogen-bond donors (Lipinski definition) is 1. The smallest absolute Gasteiger partial charge is 0.337 e. The predicted octanol–water partition coefficient (Wildman–Crippen LogP) is 2.97. The van der Waals surface area contributed by atoms with Crippen molar-refractivity contribution in [1.29, 1.82) is 0 Å². The summed E-state index contributed by atoms with van der Waals surface area (Å²) >= 11 is 5.81. The number of carboxylic acid groups (broad SMARTS) is 1. The number of carboxylic acids is 1. The van der Waals surface area contributed by atoms with Crippen LogP contribution in [0.5, 0.6) is 5.75 Å². The summed E-state index contributed by atoms with van der Waals surface area (Å²) in [5.41, 5.74) is 0.109. The van der Waals surface area contributed by atoms with Crippen molar-refractivity contribution in [2.45, 2.75) is 25.4 Å². The molecule has 1 aliphatic carbocycles. The zero-order chi connectivity index (χ0) is 10.8. The van der Waals surface area contributed by atoms with E-state index < -0.39 is 5.97 Å². The van der Waals surface area contributed by atoms with E-state index in [4.69, 9.17) is 21.4 Å². The third-order valence-corrected chi connectivity index (χ3v) is 2.84. The first kappa shape index (κ1) is 10.3. The SMILES string of the molecule is O=C(O)c1ccc(OC2CCC2)cc1Cl. The monoisotopic (exact) mass is 226 g/mol. The van der Waals surface area contributed by atoms with Crippen molar-refractivity contribution in [1.82, 2.24) is 0 Å². The lowest BCUT2D eigenvalue weighted by Crippen LogP contribution is -2.24. The first-order chi connectivity index (χ1) is 7.16. The van der Waals surface area contributed by atoms with E-state index in [0.717, 1.165) is 12.8 Å². The molecular weight excluding hydrogens is 216 g/mol. The quantitative estimate of drug-likeness (QED) is 0.862. The fourth-order valence-corrected chi connectivity index (χ4v) is 1.68. The molecular formula is C11H11ClO3. The Morgan fingerprint density at radius 1 is 1.47 bits per heavy atom. The Kier molecular flexibility index (Phi) is 2.82. The van der Waals surface area contributed by atoms with E-state index in [2.05, 4.69) is 0 Å². The molecule has 0 heterocycles. The Balaban J connectivity index is 2.13. The second-order valence-electron chi connectivity index (χ2n) is 3.62. The third-order valence-electron chi connectivity index (χ3n) is 2.53. The van der Waals surface area contributed by atoms with E-state index in [-0.39, 0.29) is 16.7 Å². The number of ether oxygens (including phenoxy) is 1. The molecule has 1 saturated carbocycles. The van der Waals surface area contributed by atoms with Crippen LogP contribution in [0, 0.1) is 0 Å². The number of halogens is 1. The summed E-state index contributed by atoms with van der Waals surface area (Å²) in [5, 5.41) is 8.99. The van der Waals surface area contributed by atoms with Crippen LogP contribution in [-0.2, 0) is 0 Å². The zero-order valence-electron chi connectivity index (χ0n) is 8.07. The third kappa shape index (κ3) is 2.23. The van der Waals surface area contributed by atoms with E-state index in [0.29, 0.717) is 5.75 Å². The van der Waals surface area contributed by atoms with Crippen molar-refractivity contribution in [2.75, 3.05) is 0 Å². The molecule has 0 unspecified atom stereocenters. The molecule has 1 aliphatic rings. The Hall–Kier alpha value is -1.22. The van der Waals surface area contributed by atoms with Crippen LogP contribution in [0.15, 0.2) is 18.2 Å². The van der Waals surface area contributed by atoms with Crippen LogP contribution in [-0.4, -0.2) is 17.2 Å². The first-order valence-electron chi connectivity index (χ1n) is 4.86. The van der Waals surface area contributed by atoms with Crippen LogP contribution in [0.4, 0.5) is 0 Å². The summed E-state index contributed by atoms with van der Waals surface area (Å²) in [6.07, 6.45) is 3.61. The Morgan fingerprint density at radius 2 is 2.20 bits per heavy atom. The first-order valence-corrected chi connectivity index (χ1v) is 5.24. The van der Waals surface area contributed by atoms with Gasteiger partial charge in [-0.15, -0.1) is 0 Å².